The molecule has 0 saturated heterocycles. The van der Waals surface area contributed by atoms with E-state index < -0.39 is 0 Å². The zero-order valence-electron chi connectivity index (χ0n) is 11.9. The van der Waals surface area contributed by atoms with Gasteiger partial charge in [0.15, 0.2) is 0 Å². The summed E-state index contributed by atoms with van der Waals surface area (Å²) in [5, 5.41) is 5.59. The summed E-state index contributed by atoms with van der Waals surface area (Å²) >= 11 is 12.1. The highest BCUT2D eigenvalue weighted by atomic mass is 35.5. The van der Waals surface area contributed by atoms with E-state index in [1.54, 1.807) is 16.8 Å². The average Bonchev–Trinajstić information content (AvgIpc) is 2.71. The molecule has 0 aliphatic rings. The Hall–Kier alpha value is -1.27. The summed E-state index contributed by atoms with van der Waals surface area (Å²) in [7, 11) is 1.81. The molecule has 1 unspecified atom stereocenters. The smallest absolute Gasteiger partial charge is 0.130 e. The fourth-order valence-electron chi connectivity index (χ4n) is 2.05. The van der Waals surface area contributed by atoms with Crippen LogP contribution in [-0.4, -0.2) is 22.4 Å². The van der Waals surface area contributed by atoms with Gasteiger partial charge in [0.2, 0.25) is 0 Å². The third-order valence-electron chi connectivity index (χ3n) is 3.22. The molecule has 7 heteroatoms. The zero-order chi connectivity index (χ0) is 15.4. The van der Waals surface area contributed by atoms with Gasteiger partial charge in [0.1, 0.15) is 17.5 Å². The third kappa shape index (κ3) is 4.11. The molecule has 114 valence electrons. The van der Waals surface area contributed by atoms with Crippen molar-refractivity contribution in [2.75, 3.05) is 6.61 Å². The summed E-state index contributed by atoms with van der Waals surface area (Å²) in [6, 6.07) is 7.13. The number of hydrogen-bond acceptors (Lipinski definition) is 4. The Kier molecular flexibility index (Phi) is 5.47. The molecule has 1 aromatic carbocycles. The van der Waals surface area contributed by atoms with Crippen LogP contribution in [0.4, 0.5) is 0 Å². The summed E-state index contributed by atoms with van der Waals surface area (Å²) in [6.45, 7) is 2.34. The van der Waals surface area contributed by atoms with E-state index in [-0.39, 0.29) is 6.04 Å². The van der Waals surface area contributed by atoms with Crippen molar-refractivity contribution in [2.45, 2.75) is 19.4 Å². The molecule has 0 amide bonds. The van der Waals surface area contributed by atoms with Crippen LogP contribution in [-0.2, 0) is 13.5 Å². The number of hydrazine groups is 1. The van der Waals surface area contributed by atoms with Crippen LogP contribution >= 0.6 is 23.2 Å². The number of nitrogens with one attached hydrogen (secondary N) is 1. The van der Waals surface area contributed by atoms with Crippen molar-refractivity contribution in [3.8, 4) is 5.75 Å². The summed E-state index contributed by atoms with van der Waals surface area (Å²) in [5.41, 5.74) is 4.62. The SMILES string of the molecule is Cc1nn(C)c(Cl)c1CC(COc1ccc(Cl)cc1)NN. The molecule has 0 saturated carbocycles. The van der Waals surface area contributed by atoms with Gasteiger partial charge in [-0.05, 0) is 37.6 Å². The van der Waals surface area contributed by atoms with Gasteiger partial charge in [-0.15, -0.1) is 0 Å². The van der Waals surface area contributed by atoms with Crippen molar-refractivity contribution in [1.82, 2.24) is 15.2 Å². The van der Waals surface area contributed by atoms with Crippen LogP contribution in [0.15, 0.2) is 24.3 Å². The number of nitrogens with two attached hydrogens (primary N) is 1. The monoisotopic (exact) mass is 328 g/mol. The van der Waals surface area contributed by atoms with Gasteiger partial charge in [0, 0.05) is 17.6 Å². The number of ether oxygens (including phenoxy) is 1. The van der Waals surface area contributed by atoms with Crippen molar-refractivity contribution in [1.29, 1.82) is 0 Å². The molecule has 0 aliphatic carbocycles. The Morgan fingerprint density at radius 3 is 2.52 bits per heavy atom. The van der Waals surface area contributed by atoms with Gasteiger partial charge in [0.25, 0.3) is 0 Å². The van der Waals surface area contributed by atoms with Gasteiger partial charge in [-0.1, -0.05) is 23.2 Å². The molecular formula is C14H18Cl2N4O. The Morgan fingerprint density at radius 2 is 2.00 bits per heavy atom. The van der Waals surface area contributed by atoms with Crippen molar-refractivity contribution in [3.05, 3.63) is 45.7 Å². The van der Waals surface area contributed by atoms with Gasteiger partial charge >= 0.3 is 0 Å². The molecule has 2 rings (SSSR count). The first-order valence-corrected chi connectivity index (χ1v) is 7.29. The number of nitrogens with zero attached hydrogens (tertiary/aromatic N) is 2. The van der Waals surface area contributed by atoms with Gasteiger partial charge in [-0.2, -0.15) is 5.10 Å². The number of halogens is 2. The van der Waals surface area contributed by atoms with Crippen LogP contribution < -0.4 is 16.0 Å². The minimum atomic E-state index is -0.0684. The lowest BCUT2D eigenvalue weighted by Crippen LogP contribution is -2.41. The zero-order valence-corrected chi connectivity index (χ0v) is 13.4. The molecule has 2 aromatic rings. The normalized spacial score (nSPS) is 12.4. The average molecular weight is 329 g/mol. The lowest BCUT2D eigenvalue weighted by atomic mass is 10.1. The van der Waals surface area contributed by atoms with E-state index >= 15 is 0 Å². The summed E-state index contributed by atoms with van der Waals surface area (Å²) in [6.07, 6.45) is 0.641. The molecular weight excluding hydrogens is 311 g/mol. The molecule has 3 N–H and O–H groups in total. The Morgan fingerprint density at radius 1 is 1.33 bits per heavy atom. The van der Waals surface area contributed by atoms with Crippen LogP contribution in [0.3, 0.4) is 0 Å². The maximum absolute atomic E-state index is 6.23. The van der Waals surface area contributed by atoms with Crippen molar-refractivity contribution >= 4 is 23.2 Å². The molecule has 0 bridgehead atoms. The van der Waals surface area contributed by atoms with E-state index in [9.17, 15) is 0 Å². The van der Waals surface area contributed by atoms with Crippen LogP contribution in [0, 0.1) is 6.92 Å². The van der Waals surface area contributed by atoms with E-state index in [1.165, 1.54) is 0 Å². The standard InChI is InChI=1S/C14H18Cl2N4O/c1-9-13(14(16)20(2)19-9)7-11(18-17)8-21-12-5-3-10(15)4-6-12/h3-6,11,18H,7-8,17H2,1-2H3. The molecule has 1 atom stereocenters. The molecule has 0 aliphatic heterocycles. The predicted octanol–water partition coefficient (Wildman–Crippen LogP) is 2.49. The van der Waals surface area contributed by atoms with Crippen LogP contribution in [0.1, 0.15) is 11.3 Å². The Balaban J connectivity index is 1.98. The van der Waals surface area contributed by atoms with Crippen LogP contribution in [0.2, 0.25) is 10.2 Å². The van der Waals surface area contributed by atoms with Gasteiger partial charge in [0.05, 0.1) is 11.7 Å². The van der Waals surface area contributed by atoms with Crippen LogP contribution in [0.5, 0.6) is 5.75 Å². The lowest BCUT2D eigenvalue weighted by Gasteiger charge is -2.17. The number of benzene rings is 1. The van der Waals surface area contributed by atoms with E-state index in [4.69, 9.17) is 33.8 Å². The number of aryl methyl sites for hydroxylation is 2. The molecule has 21 heavy (non-hydrogen) atoms. The highest BCUT2D eigenvalue weighted by molar-refractivity contribution is 6.30. The first-order valence-electron chi connectivity index (χ1n) is 6.53. The largest absolute Gasteiger partial charge is 0.492 e. The number of aromatic nitrogens is 2. The molecule has 0 radical (unpaired) electrons. The summed E-state index contributed by atoms with van der Waals surface area (Å²) in [4.78, 5) is 0. The third-order valence-corrected chi connectivity index (χ3v) is 3.95. The summed E-state index contributed by atoms with van der Waals surface area (Å²) < 4.78 is 7.35. The molecule has 0 spiro atoms. The topological polar surface area (TPSA) is 65.1 Å². The summed E-state index contributed by atoms with van der Waals surface area (Å²) in [5.74, 6) is 6.34. The second-order valence-corrected chi connectivity index (χ2v) is 5.61. The Labute approximate surface area is 134 Å². The maximum Gasteiger partial charge on any atom is 0.130 e. The van der Waals surface area contributed by atoms with Crippen molar-refractivity contribution < 1.29 is 4.74 Å². The van der Waals surface area contributed by atoms with Crippen molar-refractivity contribution in [3.63, 3.8) is 0 Å². The predicted molar refractivity (Wildman–Crippen MR) is 84.7 cm³/mol. The van der Waals surface area contributed by atoms with Gasteiger partial charge < -0.3 is 4.74 Å². The van der Waals surface area contributed by atoms with Gasteiger partial charge in [-0.3, -0.25) is 16.0 Å². The first kappa shape index (κ1) is 16.1. The van der Waals surface area contributed by atoms with Crippen molar-refractivity contribution in [2.24, 2.45) is 12.9 Å². The second-order valence-electron chi connectivity index (χ2n) is 4.81. The fraction of sp³-hybridized carbons (Fsp3) is 0.357. The highest BCUT2D eigenvalue weighted by Crippen LogP contribution is 2.21. The van der Waals surface area contributed by atoms with E-state index in [0.717, 1.165) is 17.0 Å². The quantitative estimate of drug-likeness (QED) is 0.631. The molecule has 1 aromatic heterocycles. The molecule has 1 heterocycles. The minimum Gasteiger partial charge on any atom is -0.492 e. The van der Waals surface area contributed by atoms with E-state index in [1.807, 2.05) is 26.1 Å². The minimum absolute atomic E-state index is 0.0684. The first-order chi connectivity index (χ1) is 10.0. The van der Waals surface area contributed by atoms with E-state index in [2.05, 4.69) is 10.5 Å². The lowest BCUT2D eigenvalue weighted by molar-refractivity contribution is 0.264. The van der Waals surface area contributed by atoms with Gasteiger partial charge in [-0.25, -0.2) is 0 Å². The number of rotatable bonds is 6. The fourth-order valence-corrected chi connectivity index (χ4v) is 2.42. The Bertz CT molecular complexity index is 598. The second kappa shape index (κ2) is 7.13. The molecule has 0 fully saturated rings. The maximum atomic E-state index is 6.23. The highest BCUT2D eigenvalue weighted by Gasteiger charge is 2.17. The number of hydrogen-bond donors (Lipinski definition) is 2. The van der Waals surface area contributed by atoms with E-state index in [0.29, 0.717) is 23.2 Å². The van der Waals surface area contributed by atoms with Crippen LogP contribution in [0.25, 0.3) is 0 Å². The molecule has 5 nitrogen and oxygen atoms in total.